The largest absolute Gasteiger partial charge is 0.466 e. The van der Waals surface area contributed by atoms with Gasteiger partial charge < -0.3 is 14.7 Å². The highest BCUT2D eigenvalue weighted by molar-refractivity contribution is 5.80. The summed E-state index contributed by atoms with van der Waals surface area (Å²) < 4.78 is 5.06. The summed E-state index contributed by atoms with van der Waals surface area (Å²) in [6.45, 7) is 7.15. The smallest absolute Gasteiger partial charge is 0.310 e. The van der Waals surface area contributed by atoms with Crippen LogP contribution in [-0.2, 0) is 14.3 Å². The third-order valence-corrected chi connectivity index (χ3v) is 4.00. The average molecular weight is 314 g/mol. The van der Waals surface area contributed by atoms with Gasteiger partial charge in [0, 0.05) is 19.6 Å². The topological polar surface area (TPSA) is 70.1 Å². The van der Waals surface area contributed by atoms with Gasteiger partial charge in [0.1, 0.15) is 0 Å². The first kappa shape index (κ1) is 18.9. The number of hydrogen-bond acceptors (Lipinski definition) is 5. The second-order valence-corrected chi connectivity index (χ2v) is 5.78. The van der Waals surface area contributed by atoms with Crippen LogP contribution in [0, 0.1) is 5.92 Å². The molecule has 22 heavy (non-hydrogen) atoms. The predicted octanol–water partition coefficient (Wildman–Crippen LogP) is 0.883. The molecule has 0 radical (unpaired) electrons. The van der Waals surface area contributed by atoms with E-state index in [4.69, 9.17) is 9.84 Å². The maximum absolute atomic E-state index is 12.4. The zero-order chi connectivity index (χ0) is 16.4. The summed E-state index contributed by atoms with van der Waals surface area (Å²) >= 11 is 0. The van der Waals surface area contributed by atoms with Crippen LogP contribution in [0.4, 0.5) is 0 Å². The maximum Gasteiger partial charge on any atom is 0.310 e. The van der Waals surface area contributed by atoms with E-state index >= 15 is 0 Å². The summed E-state index contributed by atoms with van der Waals surface area (Å²) in [5, 5.41) is 9.11. The Morgan fingerprint density at radius 3 is 2.73 bits per heavy atom. The number of carbonyl (C=O) groups excluding carboxylic acids is 2. The number of likely N-dealkylation sites (tertiary alicyclic amines) is 1. The highest BCUT2D eigenvalue weighted by Crippen LogP contribution is 2.18. The summed E-state index contributed by atoms with van der Waals surface area (Å²) in [4.78, 5) is 28.0. The van der Waals surface area contributed by atoms with Gasteiger partial charge in [-0.1, -0.05) is 13.3 Å². The van der Waals surface area contributed by atoms with E-state index in [-0.39, 0.29) is 24.4 Å². The summed E-state index contributed by atoms with van der Waals surface area (Å²) in [6.07, 6.45) is 3.70. The first-order valence-electron chi connectivity index (χ1n) is 8.39. The van der Waals surface area contributed by atoms with E-state index in [0.29, 0.717) is 32.8 Å². The van der Waals surface area contributed by atoms with Crippen molar-refractivity contribution in [2.75, 3.05) is 45.9 Å². The molecule has 1 saturated heterocycles. The molecule has 6 nitrogen and oxygen atoms in total. The molecule has 0 aromatic rings. The zero-order valence-corrected chi connectivity index (χ0v) is 13.9. The second-order valence-electron chi connectivity index (χ2n) is 5.78. The Kier molecular flexibility index (Phi) is 9.08. The zero-order valence-electron chi connectivity index (χ0n) is 13.9. The van der Waals surface area contributed by atoms with Crippen molar-refractivity contribution < 1.29 is 19.4 Å². The molecule has 1 heterocycles. The normalized spacial score (nSPS) is 18.5. The molecule has 6 heteroatoms. The van der Waals surface area contributed by atoms with E-state index in [1.54, 1.807) is 11.8 Å². The van der Waals surface area contributed by atoms with Gasteiger partial charge in [-0.05, 0) is 32.7 Å². The molecule has 1 rings (SSSR count). The summed E-state index contributed by atoms with van der Waals surface area (Å²) in [5.74, 6) is -0.351. The van der Waals surface area contributed by atoms with E-state index < -0.39 is 0 Å². The van der Waals surface area contributed by atoms with E-state index in [9.17, 15) is 9.59 Å². The van der Waals surface area contributed by atoms with Crippen molar-refractivity contribution in [3.05, 3.63) is 0 Å². The molecule has 0 bridgehead atoms. The lowest BCUT2D eigenvalue weighted by Gasteiger charge is -2.33. The van der Waals surface area contributed by atoms with Crippen LogP contribution in [0.15, 0.2) is 0 Å². The van der Waals surface area contributed by atoms with E-state index in [0.717, 1.165) is 32.2 Å². The van der Waals surface area contributed by atoms with Crippen molar-refractivity contribution >= 4 is 11.9 Å². The van der Waals surface area contributed by atoms with E-state index in [1.165, 1.54) is 0 Å². The van der Waals surface area contributed by atoms with Gasteiger partial charge in [-0.2, -0.15) is 0 Å². The van der Waals surface area contributed by atoms with Crippen LogP contribution in [0.1, 0.15) is 39.5 Å². The Bertz CT molecular complexity index is 349. The molecule has 0 spiro atoms. The van der Waals surface area contributed by atoms with Gasteiger partial charge in [0.25, 0.3) is 0 Å². The maximum atomic E-state index is 12.4. The third kappa shape index (κ3) is 6.32. The standard InChI is InChI=1S/C16H30N2O4/c1-3-5-8-17(10-11-19)13-15(20)18-9-6-7-14(12-18)16(21)22-4-2/h14,19H,3-13H2,1-2H3/t14-/m0/s1. The summed E-state index contributed by atoms with van der Waals surface area (Å²) in [5.41, 5.74) is 0. The minimum atomic E-state index is -0.196. The van der Waals surface area contributed by atoms with Gasteiger partial charge in [-0.15, -0.1) is 0 Å². The van der Waals surface area contributed by atoms with Crippen LogP contribution in [0.3, 0.4) is 0 Å². The van der Waals surface area contributed by atoms with Crippen LogP contribution in [-0.4, -0.2) is 72.7 Å². The Balaban J connectivity index is 2.50. The molecule has 1 aliphatic heterocycles. The van der Waals surface area contributed by atoms with Crippen molar-refractivity contribution in [2.24, 2.45) is 5.92 Å². The molecule has 1 atom stereocenters. The van der Waals surface area contributed by atoms with Gasteiger partial charge >= 0.3 is 5.97 Å². The van der Waals surface area contributed by atoms with E-state index in [2.05, 4.69) is 6.92 Å². The fourth-order valence-electron chi connectivity index (χ4n) is 2.74. The van der Waals surface area contributed by atoms with Crippen LogP contribution in [0.25, 0.3) is 0 Å². The monoisotopic (exact) mass is 314 g/mol. The average Bonchev–Trinajstić information content (AvgIpc) is 2.53. The first-order valence-corrected chi connectivity index (χ1v) is 8.39. The number of hydrogen-bond donors (Lipinski definition) is 1. The molecule has 0 aliphatic carbocycles. The SMILES string of the molecule is CCCCN(CCO)CC(=O)N1CCC[C@H](C(=O)OCC)C1. The number of amides is 1. The molecule has 0 aromatic carbocycles. The molecule has 0 aromatic heterocycles. The molecule has 1 fully saturated rings. The summed E-state index contributed by atoms with van der Waals surface area (Å²) in [6, 6.07) is 0. The number of carbonyl (C=O) groups is 2. The quantitative estimate of drug-likeness (QED) is 0.640. The number of nitrogens with zero attached hydrogens (tertiary/aromatic N) is 2. The van der Waals surface area contributed by atoms with Crippen LogP contribution >= 0.6 is 0 Å². The van der Waals surface area contributed by atoms with Crippen molar-refractivity contribution in [1.82, 2.24) is 9.80 Å². The minimum Gasteiger partial charge on any atom is -0.466 e. The number of piperidine rings is 1. The Hall–Kier alpha value is -1.14. The Morgan fingerprint density at radius 1 is 1.32 bits per heavy atom. The number of esters is 1. The predicted molar refractivity (Wildman–Crippen MR) is 84.4 cm³/mol. The molecule has 1 amide bonds. The van der Waals surface area contributed by atoms with Crippen LogP contribution in [0.5, 0.6) is 0 Å². The van der Waals surface area contributed by atoms with Gasteiger partial charge in [0.2, 0.25) is 5.91 Å². The fraction of sp³-hybridized carbons (Fsp3) is 0.875. The summed E-state index contributed by atoms with van der Waals surface area (Å²) in [7, 11) is 0. The third-order valence-electron chi connectivity index (χ3n) is 4.00. The molecule has 1 aliphatic rings. The van der Waals surface area contributed by atoms with Crippen LogP contribution < -0.4 is 0 Å². The molecule has 0 saturated carbocycles. The van der Waals surface area contributed by atoms with Gasteiger partial charge in [0.05, 0.1) is 25.7 Å². The Labute approximate surface area is 133 Å². The number of rotatable bonds is 9. The van der Waals surface area contributed by atoms with Crippen LogP contribution in [0.2, 0.25) is 0 Å². The van der Waals surface area contributed by atoms with Crippen molar-refractivity contribution in [2.45, 2.75) is 39.5 Å². The minimum absolute atomic E-state index is 0.0403. The lowest BCUT2D eigenvalue weighted by Crippen LogP contribution is -2.47. The number of unbranched alkanes of at least 4 members (excludes halogenated alkanes) is 1. The number of aliphatic hydroxyl groups is 1. The van der Waals surface area contributed by atoms with Gasteiger partial charge in [0.15, 0.2) is 0 Å². The van der Waals surface area contributed by atoms with E-state index in [1.807, 2.05) is 4.90 Å². The number of ether oxygens (including phenoxy) is 1. The first-order chi connectivity index (χ1) is 10.6. The molecular weight excluding hydrogens is 284 g/mol. The lowest BCUT2D eigenvalue weighted by molar-refractivity contribution is -0.151. The van der Waals surface area contributed by atoms with Crippen molar-refractivity contribution in [3.63, 3.8) is 0 Å². The molecule has 1 N–H and O–H groups in total. The second kappa shape index (κ2) is 10.6. The Morgan fingerprint density at radius 2 is 2.09 bits per heavy atom. The lowest BCUT2D eigenvalue weighted by atomic mass is 9.98. The van der Waals surface area contributed by atoms with Gasteiger partial charge in [-0.25, -0.2) is 0 Å². The van der Waals surface area contributed by atoms with Crippen molar-refractivity contribution in [1.29, 1.82) is 0 Å². The molecule has 128 valence electrons. The number of aliphatic hydroxyl groups excluding tert-OH is 1. The van der Waals surface area contributed by atoms with Crippen molar-refractivity contribution in [3.8, 4) is 0 Å². The highest BCUT2D eigenvalue weighted by Gasteiger charge is 2.29. The molecule has 0 unspecified atom stereocenters. The molecular formula is C16H30N2O4. The highest BCUT2D eigenvalue weighted by atomic mass is 16.5. The van der Waals surface area contributed by atoms with Gasteiger partial charge in [-0.3, -0.25) is 14.5 Å². The fourth-order valence-corrected chi connectivity index (χ4v) is 2.74.